The van der Waals surface area contributed by atoms with Crippen molar-refractivity contribution in [3.63, 3.8) is 0 Å². The molecular weight excluding hydrogens is 210 g/mol. The first-order valence-corrected chi connectivity index (χ1v) is 4.84. The fraction of sp³-hybridized carbons (Fsp3) is 0.143. The van der Waals surface area contributed by atoms with Crippen LogP contribution in [0, 0.1) is 0 Å². The highest BCUT2D eigenvalue weighted by Crippen LogP contribution is 2.19. The van der Waals surface area contributed by atoms with Crippen molar-refractivity contribution in [2.45, 2.75) is 6.54 Å². The number of aromatic nitrogens is 2. The summed E-state index contributed by atoms with van der Waals surface area (Å²) in [6, 6.07) is 1.79. The first-order valence-electron chi connectivity index (χ1n) is 3.59. The Hall–Kier alpha value is -1.07. The summed E-state index contributed by atoms with van der Waals surface area (Å²) < 4.78 is 4.68. The van der Waals surface area contributed by atoms with Crippen molar-refractivity contribution in [2.24, 2.45) is 0 Å². The van der Waals surface area contributed by atoms with Gasteiger partial charge in [-0.1, -0.05) is 16.8 Å². The minimum atomic E-state index is 0.507. The fourth-order valence-electron chi connectivity index (χ4n) is 0.830. The first-order chi connectivity index (χ1) is 6.34. The molecule has 0 fully saturated rings. The van der Waals surface area contributed by atoms with Gasteiger partial charge in [0, 0.05) is 11.4 Å². The summed E-state index contributed by atoms with van der Waals surface area (Å²) in [4.78, 5) is 4.02. The Labute approximate surface area is 83.5 Å². The number of halogens is 1. The van der Waals surface area contributed by atoms with E-state index in [9.17, 15) is 0 Å². The summed E-state index contributed by atoms with van der Waals surface area (Å²) in [5.74, 6) is 0. The van der Waals surface area contributed by atoms with E-state index in [0.29, 0.717) is 11.7 Å². The third-order valence-electron chi connectivity index (χ3n) is 1.39. The van der Waals surface area contributed by atoms with E-state index in [1.165, 1.54) is 17.6 Å². The van der Waals surface area contributed by atoms with Crippen LogP contribution in [0.4, 0.5) is 5.13 Å². The summed E-state index contributed by atoms with van der Waals surface area (Å²) >= 11 is 7.11. The Kier molecular flexibility index (Phi) is 2.47. The maximum atomic E-state index is 5.65. The molecule has 0 aliphatic rings. The molecule has 6 heteroatoms. The van der Waals surface area contributed by atoms with Crippen LogP contribution in [-0.4, -0.2) is 10.1 Å². The summed E-state index contributed by atoms with van der Waals surface area (Å²) in [6.45, 7) is 0.598. The Morgan fingerprint density at radius 2 is 2.54 bits per heavy atom. The van der Waals surface area contributed by atoms with Crippen LogP contribution in [0.3, 0.4) is 0 Å². The predicted octanol–water partition coefficient (Wildman–Crippen LogP) is 2.40. The monoisotopic (exact) mass is 215 g/mol. The van der Waals surface area contributed by atoms with Gasteiger partial charge in [0.1, 0.15) is 17.1 Å². The lowest BCUT2D eigenvalue weighted by Crippen LogP contribution is -1.98. The lowest BCUT2D eigenvalue weighted by molar-refractivity contribution is 0.412. The molecule has 2 aromatic heterocycles. The fourth-order valence-corrected chi connectivity index (χ4v) is 1.67. The van der Waals surface area contributed by atoms with Crippen molar-refractivity contribution in [1.29, 1.82) is 0 Å². The molecule has 0 aromatic carbocycles. The molecule has 0 amide bonds. The van der Waals surface area contributed by atoms with Gasteiger partial charge in [0.25, 0.3) is 0 Å². The molecule has 13 heavy (non-hydrogen) atoms. The lowest BCUT2D eigenvalue weighted by atomic mass is 10.4. The highest BCUT2D eigenvalue weighted by atomic mass is 35.5. The van der Waals surface area contributed by atoms with Crippen molar-refractivity contribution in [3.8, 4) is 0 Å². The Balaban J connectivity index is 1.93. The summed E-state index contributed by atoms with van der Waals surface area (Å²) in [5.41, 5.74) is 0.839. The van der Waals surface area contributed by atoms with Crippen molar-refractivity contribution >= 4 is 28.1 Å². The molecule has 2 heterocycles. The second-order valence-corrected chi connectivity index (χ2v) is 3.57. The lowest BCUT2D eigenvalue weighted by Gasteiger charge is -1.96. The van der Waals surface area contributed by atoms with Crippen LogP contribution in [0.1, 0.15) is 5.69 Å². The van der Waals surface area contributed by atoms with Crippen LogP contribution < -0.4 is 5.32 Å². The third-order valence-corrected chi connectivity index (χ3v) is 2.51. The van der Waals surface area contributed by atoms with Crippen molar-refractivity contribution in [2.75, 3.05) is 5.32 Å². The number of anilines is 1. The van der Waals surface area contributed by atoms with Gasteiger partial charge in [0.2, 0.25) is 0 Å². The van der Waals surface area contributed by atoms with Gasteiger partial charge in [-0.15, -0.1) is 11.3 Å². The molecule has 0 saturated carbocycles. The molecule has 0 bridgehead atoms. The zero-order valence-corrected chi connectivity index (χ0v) is 8.10. The summed E-state index contributed by atoms with van der Waals surface area (Å²) in [5, 5.41) is 9.88. The van der Waals surface area contributed by atoms with Crippen molar-refractivity contribution in [1.82, 2.24) is 10.1 Å². The minimum Gasteiger partial charge on any atom is -0.364 e. The van der Waals surface area contributed by atoms with Crippen LogP contribution in [0.2, 0.25) is 5.15 Å². The molecule has 2 rings (SSSR count). The molecule has 0 unspecified atom stereocenters. The number of thiazole rings is 1. The van der Waals surface area contributed by atoms with Crippen LogP contribution in [-0.2, 0) is 6.54 Å². The molecule has 0 saturated heterocycles. The third kappa shape index (κ3) is 2.19. The molecule has 1 N–H and O–H groups in total. The molecule has 2 aromatic rings. The van der Waals surface area contributed by atoms with E-state index in [2.05, 4.69) is 20.0 Å². The number of hydrogen-bond acceptors (Lipinski definition) is 5. The molecule has 0 atom stereocenters. The van der Waals surface area contributed by atoms with Crippen molar-refractivity contribution < 1.29 is 4.52 Å². The van der Waals surface area contributed by atoms with E-state index in [-0.39, 0.29) is 0 Å². The Bertz CT molecular complexity index is 373. The minimum absolute atomic E-state index is 0.507. The Morgan fingerprint density at radius 3 is 3.15 bits per heavy atom. The smallest absolute Gasteiger partial charge is 0.184 e. The number of rotatable bonds is 3. The summed E-state index contributed by atoms with van der Waals surface area (Å²) in [6.07, 6.45) is 1.53. The van der Waals surface area contributed by atoms with Gasteiger partial charge in [-0.05, 0) is 0 Å². The van der Waals surface area contributed by atoms with E-state index < -0.39 is 0 Å². The standard InChI is InChI=1S/C7H6ClN3OS/c8-6-4-13-7(10-6)9-3-5-1-2-12-11-5/h1-2,4H,3H2,(H,9,10). The molecule has 68 valence electrons. The maximum absolute atomic E-state index is 5.65. The second-order valence-electron chi connectivity index (χ2n) is 2.32. The van der Waals surface area contributed by atoms with Gasteiger partial charge >= 0.3 is 0 Å². The van der Waals surface area contributed by atoms with E-state index in [1.54, 1.807) is 11.4 Å². The molecule has 0 aliphatic heterocycles. The number of hydrogen-bond donors (Lipinski definition) is 1. The average Bonchev–Trinajstić information content (AvgIpc) is 2.71. The average molecular weight is 216 g/mol. The first kappa shape index (κ1) is 8.52. The van der Waals surface area contributed by atoms with Crippen LogP contribution >= 0.6 is 22.9 Å². The number of nitrogens with one attached hydrogen (secondary N) is 1. The van der Waals surface area contributed by atoms with E-state index in [4.69, 9.17) is 11.6 Å². The van der Waals surface area contributed by atoms with Gasteiger partial charge in [0.05, 0.1) is 6.54 Å². The Morgan fingerprint density at radius 1 is 1.62 bits per heavy atom. The molecular formula is C7H6ClN3OS. The highest BCUT2D eigenvalue weighted by Gasteiger charge is 2.00. The van der Waals surface area contributed by atoms with E-state index in [0.717, 1.165) is 10.8 Å². The zero-order chi connectivity index (χ0) is 9.10. The molecule has 4 nitrogen and oxygen atoms in total. The topological polar surface area (TPSA) is 51.0 Å². The quantitative estimate of drug-likeness (QED) is 0.854. The second kappa shape index (κ2) is 3.76. The van der Waals surface area contributed by atoms with Gasteiger partial charge in [-0.25, -0.2) is 4.98 Å². The van der Waals surface area contributed by atoms with Crippen molar-refractivity contribution in [3.05, 3.63) is 28.6 Å². The summed E-state index contributed by atoms with van der Waals surface area (Å²) in [7, 11) is 0. The van der Waals surface area contributed by atoms with Gasteiger partial charge in [-0.3, -0.25) is 0 Å². The number of nitrogens with zero attached hydrogens (tertiary/aromatic N) is 2. The van der Waals surface area contributed by atoms with Gasteiger partial charge in [-0.2, -0.15) is 0 Å². The van der Waals surface area contributed by atoms with Gasteiger partial charge < -0.3 is 9.84 Å². The van der Waals surface area contributed by atoms with Gasteiger partial charge in [0.15, 0.2) is 5.13 Å². The highest BCUT2D eigenvalue weighted by molar-refractivity contribution is 7.14. The van der Waals surface area contributed by atoms with Crippen LogP contribution in [0.15, 0.2) is 22.2 Å². The normalized spacial score (nSPS) is 10.2. The van der Waals surface area contributed by atoms with Crippen LogP contribution in [0.25, 0.3) is 0 Å². The SMILES string of the molecule is Clc1csc(NCc2ccon2)n1. The molecule has 0 radical (unpaired) electrons. The largest absolute Gasteiger partial charge is 0.364 e. The van der Waals surface area contributed by atoms with E-state index >= 15 is 0 Å². The zero-order valence-electron chi connectivity index (χ0n) is 6.53. The molecule has 0 aliphatic carbocycles. The molecule has 0 spiro atoms. The maximum Gasteiger partial charge on any atom is 0.184 e. The van der Waals surface area contributed by atoms with Crippen LogP contribution in [0.5, 0.6) is 0 Å². The van der Waals surface area contributed by atoms with E-state index in [1.807, 2.05) is 0 Å². The predicted molar refractivity (Wildman–Crippen MR) is 51.0 cm³/mol.